The lowest BCUT2D eigenvalue weighted by atomic mass is 10.2. The van der Waals surface area contributed by atoms with Gasteiger partial charge in [-0.2, -0.15) is 0 Å². The van der Waals surface area contributed by atoms with E-state index in [9.17, 15) is 4.79 Å². The van der Waals surface area contributed by atoms with Crippen LogP contribution in [0.25, 0.3) is 0 Å². The van der Waals surface area contributed by atoms with Crippen molar-refractivity contribution in [1.82, 2.24) is 14.8 Å². The lowest BCUT2D eigenvalue weighted by Crippen LogP contribution is -2.23. The van der Waals surface area contributed by atoms with Crippen molar-refractivity contribution in [2.24, 2.45) is 5.73 Å². The lowest BCUT2D eigenvalue weighted by Gasteiger charge is -2.10. The van der Waals surface area contributed by atoms with Gasteiger partial charge in [0, 0.05) is 0 Å². The first-order chi connectivity index (χ1) is 9.08. The van der Waals surface area contributed by atoms with E-state index in [2.05, 4.69) is 10.2 Å². The number of primary amides is 1. The van der Waals surface area contributed by atoms with Gasteiger partial charge in [-0.1, -0.05) is 42.1 Å². The summed E-state index contributed by atoms with van der Waals surface area (Å²) in [6.45, 7) is 4.35. The molecule has 0 fully saturated rings. The van der Waals surface area contributed by atoms with Crippen molar-refractivity contribution in [3.8, 4) is 0 Å². The van der Waals surface area contributed by atoms with E-state index in [0.717, 1.165) is 5.82 Å². The number of rotatable bonds is 5. The summed E-state index contributed by atoms with van der Waals surface area (Å²) in [6.07, 6.45) is 0. The van der Waals surface area contributed by atoms with Crippen LogP contribution in [-0.2, 0) is 11.3 Å². The Morgan fingerprint density at radius 1 is 1.37 bits per heavy atom. The van der Waals surface area contributed by atoms with Gasteiger partial charge in [0.05, 0.1) is 11.8 Å². The highest BCUT2D eigenvalue weighted by Gasteiger charge is 2.16. The molecule has 5 nitrogen and oxygen atoms in total. The standard InChI is InChI=1S/C13H16N4OS/c1-9(12(14)18)19-13-16-15-10(2)17(13)8-11-6-4-3-5-7-11/h3-7,9H,8H2,1-2H3,(H2,14,18)/t9-/m1/s1. The van der Waals surface area contributed by atoms with Crippen LogP contribution in [-0.4, -0.2) is 25.9 Å². The molecule has 1 heterocycles. The second-order valence-electron chi connectivity index (χ2n) is 4.26. The number of thioether (sulfide) groups is 1. The zero-order chi connectivity index (χ0) is 13.8. The zero-order valence-corrected chi connectivity index (χ0v) is 11.7. The Balaban J connectivity index is 2.20. The van der Waals surface area contributed by atoms with E-state index in [-0.39, 0.29) is 11.2 Å². The zero-order valence-electron chi connectivity index (χ0n) is 10.9. The van der Waals surface area contributed by atoms with Gasteiger partial charge < -0.3 is 10.3 Å². The number of benzene rings is 1. The van der Waals surface area contributed by atoms with Crippen LogP contribution < -0.4 is 5.73 Å². The summed E-state index contributed by atoms with van der Waals surface area (Å²) in [5, 5.41) is 8.56. The molecule has 0 aliphatic heterocycles. The Morgan fingerprint density at radius 3 is 2.68 bits per heavy atom. The van der Waals surface area contributed by atoms with E-state index < -0.39 is 0 Å². The summed E-state index contributed by atoms with van der Waals surface area (Å²) in [5.74, 6) is 0.472. The average molecular weight is 276 g/mol. The maximum atomic E-state index is 11.1. The van der Waals surface area contributed by atoms with Crippen LogP contribution in [0.3, 0.4) is 0 Å². The van der Waals surface area contributed by atoms with Gasteiger partial charge in [0.25, 0.3) is 0 Å². The molecule has 1 atom stereocenters. The minimum absolute atomic E-state index is 0.321. The van der Waals surface area contributed by atoms with E-state index in [0.29, 0.717) is 11.7 Å². The van der Waals surface area contributed by atoms with Crippen LogP contribution in [0, 0.1) is 6.92 Å². The minimum Gasteiger partial charge on any atom is -0.369 e. The van der Waals surface area contributed by atoms with Crippen LogP contribution in [0.5, 0.6) is 0 Å². The maximum absolute atomic E-state index is 11.1. The number of aromatic nitrogens is 3. The van der Waals surface area contributed by atoms with E-state index in [1.165, 1.54) is 17.3 Å². The van der Waals surface area contributed by atoms with Crippen molar-refractivity contribution in [2.75, 3.05) is 0 Å². The molecule has 1 amide bonds. The molecule has 0 radical (unpaired) electrons. The monoisotopic (exact) mass is 276 g/mol. The molecule has 0 bridgehead atoms. The number of hydrogen-bond acceptors (Lipinski definition) is 4. The van der Waals surface area contributed by atoms with Crippen LogP contribution >= 0.6 is 11.8 Å². The summed E-state index contributed by atoms with van der Waals surface area (Å²) < 4.78 is 1.99. The third-order valence-corrected chi connectivity index (χ3v) is 3.87. The summed E-state index contributed by atoms with van der Waals surface area (Å²) in [7, 11) is 0. The van der Waals surface area contributed by atoms with Crippen LogP contribution in [0.4, 0.5) is 0 Å². The highest BCUT2D eigenvalue weighted by Crippen LogP contribution is 2.22. The smallest absolute Gasteiger partial charge is 0.230 e. The normalized spacial score (nSPS) is 12.3. The molecular weight excluding hydrogens is 260 g/mol. The predicted octanol–water partition coefficient (Wildman–Crippen LogP) is 1.60. The van der Waals surface area contributed by atoms with Gasteiger partial charge in [-0.25, -0.2) is 0 Å². The van der Waals surface area contributed by atoms with Crippen LogP contribution in [0.1, 0.15) is 18.3 Å². The topological polar surface area (TPSA) is 73.8 Å². The quantitative estimate of drug-likeness (QED) is 0.842. The number of nitrogens with two attached hydrogens (primary N) is 1. The highest BCUT2D eigenvalue weighted by atomic mass is 32.2. The minimum atomic E-state index is -0.350. The Hall–Kier alpha value is -1.82. The number of nitrogens with zero attached hydrogens (tertiary/aromatic N) is 3. The first-order valence-electron chi connectivity index (χ1n) is 5.97. The highest BCUT2D eigenvalue weighted by molar-refractivity contribution is 8.00. The molecule has 19 heavy (non-hydrogen) atoms. The van der Waals surface area contributed by atoms with Gasteiger partial charge >= 0.3 is 0 Å². The third-order valence-electron chi connectivity index (χ3n) is 2.77. The molecule has 100 valence electrons. The van der Waals surface area contributed by atoms with E-state index >= 15 is 0 Å². The van der Waals surface area contributed by atoms with Gasteiger partial charge in [-0.3, -0.25) is 4.79 Å². The fourth-order valence-corrected chi connectivity index (χ4v) is 2.46. The molecule has 2 aromatic rings. The molecular formula is C13H16N4OS. The average Bonchev–Trinajstić information content (AvgIpc) is 2.72. The summed E-state index contributed by atoms with van der Waals surface area (Å²) in [4.78, 5) is 11.1. The van der Waals surface area contributed by atoms with E-state index in [1.807, 2.05) is 41.8 Å². The van der Waals surface area contributed by atoms with Crippen molar-refractivity contribution >= 4 is 17.7 Å². The molecule has 0 saturated heterocycles. The lowest BCUT2D eigenvalue weighted by molar-refractivity contribution is -0.117. The summed E-state index contributed by atoms with van der Waals surface area (Å²) in [5.41, 5.74) is 6.44. The molecule has 0 saturated carbocycles. The first-order valence-corrected chi connectivity index (χ1v) is 6.85. The molecule has 0 aliphatic carbocycles. The number of hydrogen-bond donors (Lipinski definition) is 1. The molecule has 6 heteroatoms. The molecule has 0 unspecified atom stereocenters. The second-order valence-corrected chi connectivity index (χ2v) is 5.57. The van der Waals surface area contributed by atoms with Gasteiger partial charge in [0.15, 0.2) is 5.16 Å². The van der Waals surface area contributed by atoms with Crippen molar-refractivity contribution in [2.45, 2.75) is 30.8 Å². The number of amides is 1. The van der Waals surface area contributed by atoms with Crippen LogP contribution in [0.2, 0.25) is 0 Å². The van der Waals surface area contributed by atoms with Gasteiger partial charge in [0.2, 0.25) is 5.91 Å². The number of carbonyl (C=O) groups excluding carboxylic acids is 1. The predicted molar refractivity (Wildman–Crippen MR) is 74.8 cm³/mol. The van der Waals surface area contributed by atoms with E-state index in [1.54, 1.807) is 6.92 Å². The van der Waals surface area contributed by atoms with Crippen molar-refractivity contribution in [1.29, 1.82) is 0 Å². The van der Waals surface area contributed by atoms with Crippen LogP contribution in [0.15, 0.2) is 35.5 Å². The largest absolute Gasteiger partial charge is 0.369 e. The molecule has 1 aromatic heterocycles. The molecule has 2 rings (SSSR count). The summed E-state index contributed by atoms with van der Waals surface area (Å²) in [6, 6.07) is 10.1. The summed E-state index contributed by atoms with van der Waals surface area (Å²) >= 11 is 1.33. The third kappa shape index (κ3) is 3.35. The van der Waals surface area contributed by atoms with Crippen molar-refractivity contribution in [3.05, 3.63) is 41.7 Å². The Labute approximate surface area is 116 Å². The molecule has 0 spiro atoms. The fraction of sp³-hybridized carbons (Fsp3) is 0.308. The van der Waals surface area contributed by atoms with Gasteiger partial charge in [-0.15, -0.1) is 10.2 Å². The molecule has 0 aliphatic rings. The fourth-order valence-electron chi connectivity index (χ4n) is 1.61. The van der Waals surface area contributed by atoms with Crippen molar-refractivity contribution < 1.29 is 4.79 Å². The second kappa shape index (κ2) is 5.88. The van der Waals surface area contributed by atoms with Gasteiger partial charge in [-0.05, 0) is 19.4 Å². The SMILES string of the molecule is Cc1nnc(S[C@H](C)C(N)=O)n1Cc1ccccc1. The first kappa shape index (κ1) is 13.6. The Morgan fingerprint density at radius 2 is 2.05 bits per heavy atom. The van der Waals surface area contributed by atoms with Crippen molar-refractivity contribution in [3.63, 3.8) is 0 Å². The number of aryl methyl sites for hydroxylation is 1. The molecule has 1 aromatic carbocycles. The Bertz CT molecular complexity index is 567. The Kier molecular flexibility index (Phi) is 4.21. The number of carbonyl (C=O) groups is 1. The van der Waals surface area contributed by atoms with E-state index in [4.69, 9.17) is 5.73 Å². The molecule has 2 N–H and O–H groups in total. The van der Waals surface area contributed by atoms with Gasteiger partial charge in [0.1, 0.15) is 5.82 Å². The maximum Gasteiger partial charge on any atom is 0.230 e.